The van der Waals surface area contributed by atoms with Gasteiger partial charge in [0.25, 0.3) is 0 Å². The van der Waals surface area contributed by atoms with E-state index in [1.807, 2.05) is 31.5 Å². The zero-order valence-corrected chi connectivity index (χ0v) is 19.0. The van der Waals surface area contributed by atoms with Crippen LogP contribution in [0.25, 0.3) is 21.6 Å². The minimum Gasteiger partial charge on any atom is -0.444 e. The maximum absolute atomic E-state index is 12.5. The molecule has 2 heterocycles. The van der Waals surface area contributed by atoms with E-state index < -0.39 is 6.09 Å². The van der Waals surface area contributed by atoms with Gasteiger partial charge in [-0.25, -0.2) is 14.8 Å². The molecule has 0 radical (unpaired) electrons. The second kappa shape index (κ2) is 8.89. The Morgan fingerprint density at radius 1 is 1.16 bits per heavy atom. The Balaban J connectivity index is 1.45. The molecule has 4 rings (SSSR count). The first kappa shape index (κ1) is 21.1. The van der Waals surface area contributed by atoms with Gasteiger partial charge in [0.1, 0.15) is 16.6 Å². The summed E-state index contributed by atoms with van der Waals surface area (Å²) in [5, 5.41) is 4.52. The average molecular weight is 435 g/mol. The number of nitrogens with zero attached hydrogens (tertiary/aromatic N) is 3. The van der Waals surface area contributed by atoms with Crippen molar-refractivity contribution in [1.82, 2.24) is 14.5 Å². The molecule has 31 heavy (non-hydrogen) atoms. The van der Waals surface area contributed by atoms with E-state index in [1.165, 1.54) is 22.5 Å². The Morgan fingerprint density at radius 2 is 2.00 bits per heavy atom. The van der Waals surface area contributed by atoms with Gasteiger partial charge in [-0.15, -0.1) is 0 Å². The lowest BCUT2D eigenvalue weighted by Gasteiger charge is -2.07. The third kappa shape index (κ3) is 4.46. The number of hydrogen-bond donors (Lipinski definition) is 1. The summed E-state index contributed by atoms with van der Waals surface area (Å²) >= 11 is 1.48. The molecule has 2 aromatic heterocycles. The number of anilines is 1. The van der Waals surface area contributed by atoms with Crippen LogP contribution in [-0.4, -0.2) is 20.6 Å². The molecule has 0 spiro atoms. The molecule has 2 aromatic carbocycles. The molecule has 4 aromatic rings. The largest absolute Gasteiger partial charge is 0.444 e. The van der Waals surface area contributed by atoms with Gasteiger partial charge >= 0.3 is 6.09 Å². The lowest BCUT2D eigenvalue weighted by Crippen LogP contribution is -2.13. The van der Waals surface area contributed by atoms with E-state index in [4.69, 9.17) is 9.72 Å². The predicted molar refractivity (Wildman–Crippen MR) is 126 cm³/mol. The van der Waals surface area contributed by atoms with Crippen LogP contribution < -0.4 is 5.32 Å². The van der Waals surface area contributed by atoms with Gasteiger partial charge in [-0.3, -0.25) is 5.32 Å². The van der Waals surface area contributed by atoms with Crippen LogP contribution in [0.15, 0.2) is 42.7 Å². The van der Waals surface area contributed by atoms with Crippen molar-refractivity contribution in [1.29, 1.82) is 0 Å². The zero-order chi connectivity index (χ0) is 22.0. The lowest BCUT2D eigenvalue weighted by molar-refractivity contribution is 0.155. The van der Waals surface area contributed by atoms with E-state index in [2.05, 4.69) is 53.8 Å². The highest BCUT2D eigenvalue weighted by atomic mass is 32.1. The number of aromatic nitrogens is 3. The molecular weight excluding hydrogens is 408 g/mol. The Kier molecular flexibility index (Phi) is 6.04. The standard InChI is InChI=1S/C24H26N4O2S/c1-5-19-23(31-22(26-19)18-9-7-15(3)11-16(18)4)27-24(29)30-13-17-8-10-21-20(12-17)25-14-28(21)6-2/h7-12,14H,5-6,13H2,1-4H3,(H,27,29). The first-order valence-electron chi connectivity index (χ1n) is 10.4. The molecule has 1 N–H and O–H groups in total. The van der Waals surface area contributed by atoms with Gasteiger partial charge in [0, 0.05) is 12.1 Å². The topological polar surface area (TPSA) is 69.0 Å². The quantitative estimate of drug-likeness (QED) is 0.398. The summed E-state index contributed by atoms with van der Waals surface area (Å²) in [4.78, 5) is 21.6. The molecule has 0 aliphatic heterocycles. The van der Waals surface area contributed by atoms with Gasteiger partial charge < -0.3 is 9.30 Å². The monoisotopic (exact) mass is 434 g/mol. The predicted octanol–water partition coefficient (Wildman–Crippen LogP) is 6.11. The number of rotatable bonds is 6. The second-order valence-corrected chi connectivity index (χ2v) is 8.52. The van der Waals surface area contributed by atoms with Crippen molar-refractivity contribution in [3.63, 3.8) is 0 Å². The fourth-order valence-corrected chi connectivity index (χ4v) is 4.72. The maximum atomic E-state index is 12.5. The van der Waals surface area contributed by atoms with Crippen LogP contribution in [0.2, 0.25) is 0 Å². The Labute approximate surface area is 185 Å². The van der Waals surface area contributed by atoms with Crippen molar-refractivity contribution in [2.45, 2.75) is 47.3 Å². The van der Waals surface area contributed by atoms with E-state index in [0.717, 1.165) is 50.8 Å². The zero-order valence-electron chi connectivity index (χ0n) is 18.2. The Bertz CT molecular complexity index is 1240. The van der Waals surface area contributed by atoms with Gasteiger partial charge in [-0.1, -0.05) is 48.1 Å². The van der Waals surface area contributed by atoms with Crippen molar-refractivity contribution in [2.75, 3.05) is 5.32 Å². The number of hydrogen-bond acceptors (Lipinski definition) is 5. The van der Waals surface area contributed by atoms with Crippen molar-refractivity contribution in [2.24, 2.45) is 0 Å². The highest BCUT2D eigenvalue weighted by molar-refractivity contribution is 7.19. The molecule has 0 aliphatic carbocycles. The number of carbonyl (C=O) groups excluding carboxylic acids is 1. The van der Waals surface area contributed by atoms with Crippen molar-refractivity contribution < 1.29 is 9.53 Å². The smallest absolute Gasteiger partial charge is 0.412 e. The molecule has 6 nitrogen and oxygen atoms in total. The summed E-state index contributed by atoms with van der Waals surface area (Å²) < 4.78 is 7.54. The fourth-order valence-electron chi connectivity index (χ4n) is 3.59. The fraction of sp³-hybridized carbons (Fsp3) is 0.292. The van der Waals surface area contributed by atoms with Crippen LogP contribution in [0.5, 0.6) is 0 Å². The normalized spacial score (nSPS) is 11.1. The molecule has 0 bridgehead atoms. The van der Waals surface area contributed by atoms with Gasteiger partial charge in [0.05, 0.1) is 23.1 Å². The molecule has 0 aliphatic rings. The molecule has 0 saturated heterocycles. The number of benzene rings is 2. The number of amides is 1. The van der Waals surface area contributed by atoms with Crippen LogP contribution in [0.1, 0.15) is 36.2 Å². The maximum Gasteiger partial charge on any atom is 0.412 e. The number of thiazole rings is 1. The molecule has 0 atom stereocenters. The summed E-state index contributed by atoms with van der Waals surface area (Å²) in [6.07, 6.45) is 2.07. The van der Waals surface area contributed by atoms with E-state index in [1.54, 1.807) is 0 Å². The van der Waals surface area contributed by atoms with Crippen LogP contribution >= 0.6 is 11.3 Å². The van der Waals surface area contributed by atoms with Crippen molar-refractivity contribution in [3.8, 4) is 10.6 Å². The van der Waals surface area contributed by atoms with E-state index in [-0.39, 0.29) is 6.61 Å². The highest BCUT2D eigenvalue weighted by Gasteiger charge is 2.16. The Morgan fingerprint density at radius 3 is 2.74 bits per heavy atom. The first-order chi connectivity index (χ1) is 15.0. The minimum absolute atomic E-state index is 0.185. The molecule has 0 saturated carbocycles. The van der Waals surface area contributed by atoms with Gasteiger partial charge in [0.15, 0.2) is 0 Å². The van der Waals surface area contributed by atoms with Crippen molar-refractivity contribution in [3.05, 3.63) is 65.1 Å². The molecule has 7 heteroatoms. The van der Waals surface area contributed by atoms with Crippen molar-refractivity contribution >= 4 is 33.5 Å². The van der Waals surface area contributed by atoms with Crippen LogP contribution in [0, 0.1) is 13.8 Å². The molecule has 1 amide bonds. The van der Waals surface area contributed by atoms with Crippen LogP contribution in [0.3, 0.4) is 0 Å². The SMILES string of the molecule is CCc1nc(-c2ccc(C)cc2C)sc1NC(=O)OCc1ccc2c(c1)ncn2CC. The molecule has 0 unspecified atom stereocenters. The summed E-state index contributed by atoms with van der Waals surface area (Å²) in [5.74, 6) is 0. The highest BCUT2D eigenvalue weighted by Crippen LogP contribution is 2.34. The number of carbonyl (C=O) groups is 1. The lowest BCUT2D eigenvalue weighted by atomic mass is 10.1. The Hall–Kier alpha value is -3.19. The van der Waals surface area contributed by atoms with Gasteiger partial charge in [0.2, 0.25) is 0 Å². The second-order valence-electron chi connectivity index (χ2n) is 7.52. The van der Waals surface area contributed by atoms with E-state index in [0.29, 0.717) is 0 Å². The number of ether oxygens (including phenoxy) is 1. The number of imidazole rings is 1. The molecule has 0 fully saturated rings. The van der Waals surface area contributed by atoms with Crippen LogP contribution in [0.4, 0.5) is 9.80 Å². The first-order valence-corrected chi connectivity index (χ1v) is 11.2. The third-order valence-corrected chi connectivity index (χ3v) is 6.30. The summed E-state index contributed by atoms with van der Waals surface area (Å²) in [5.41, 5.74) is 7.22. The van der Waals surface area contributed by atoms with E-state index in [9.17, 15) is 4.79 Å². The summed E-state index contributed by atoms with van der Waals surface area (Å²) in [6.45, 7) is 9.32. The van der Waals surface area contributed by atoms with Crippen LogP contribution in [-0.2, 0) is 24.3 Å². The van der Waals surface area contributed by atoms with Gasteiger partial charge in [-0.05, 0) is 50.5 Å². The minimum atomic E-state index is -0.482. The van der Waals surface area contributed by atoms with E-state index >= 15 is 0 Å². The molecular formula is C24H26N4O2S. The van der Waals surface area contributed by atoms with Gasteiger partial charge in [-0.2, -0.15) is 0 Å². The summed E-state index contributed by atoms with van der Waals surface area (Å²) in [6, 6.07) is 12.2. The molecule has 160 valence electrons. The third-order valence-electron chi connectivity index (χ3n) is 5.26. The average Bonchev–Trinajstić information content (AvgIpc) is 3.35. The summed E-state index contributed by atoms with van der Waals surface area (Å²) in [7, 11) is 0. The number of nitrogens with one attached hydrogen (secondary N) is 1. The number of fused-ring (bicyclic) bond motifs is 1. The number of aryl methyl sites for hydroxylation is 4.